The van der Waals surface area contributed by atoms with Gasteiger partial charge in [-0.05, 0) is 26.0 Å². The molecule has 15 heavy (non-hydrogen) atoms. The molecule has 1 heterocycles. The number of rotatable bonds is 1. The first-order chi connectivity index (χ1) is 6.96. The molecule has 0 fully saturated rings. The highest BCUT2D eigenvalue weighted by atomic mass is 19.1. The zero-order valence-electron chi connectivity index (χ0n) is 8.26. The molecular formula is C11H10F2NO. The maximum atomic E-state index is 12.9. The van der Waals surface area contributed by atoms with Crippen molar-refractivity contribution >= 4 is 5.71 Å². The average molecular weight is 210 g/mol. The Kier molecular flexibility index (Phi) is 2.21. The summed E-state index contributed by atoms with van der Waals surface area (Å²) in [6.45, 7) is 5.53. The predicted molar refractivity (Wildman–Crippen MR) is 52.4 cm³/mol. The van der Waals surface area contributed by atoms with Gasteiger partial charge in [-0.1, -0.05) is 5.16 Å². The number of hydrogen-bond donors (Lipinski definition) is 0. The van der Waals surface area contributed by atoms with E-state index in [9.17, 15) is 8.78 Å². The Morgan fingerprint density at radius 1 is 1.33 bits per heavy atom. The standard InChI is InChI=1S/C11H10F2NO/c1-11(2)6-10(14-15-11)7-3-8(12)5-9(13)4-7/h3-5H,1,6H2,2H3. The van der Waals surface area contributed by atoms with Gasteiger partial charge in [0.15, 0.2) is 0 Å². The van der Waals surface area contributed by atoms with E-state index in [0.29, 0.717) is 17.7 Å². The lowest BCUT2D eigenvalue weighted by atomic mass is 9.98. The second-order valence-electron chi connectivity index (χ2n) is 3.91. The molecule has 0 saturated carbocycles. The van der Waals surface area contributed by atoms with Crippen LogP contribution >= 0.6 is 0 Å². The summed E-state index contributed by atoms with van der Waals surface area (Å²) in [6, 6.07) is 3.28. The van der Waals surface area contributed by atoms with Gasteiger partial charge >= 0.3 is 0 Å². The second kappa shape index (κ2) is 3.29. The number of nitrogens with zero attached hydrogens (tertiary/aromatic N) is 1. The molecule has 4 heteroatoms. The Bertz CT molecular complexity index is 406. The van der Waals surface area contributed by atoms with Crippen molar-refractivity contribution in [2.75, 3.05) is 0 Å². The summed E-state index contributed by atoms with van der Waals surface area (Å²) >= 11 is 0. The van der Waals surface area contributed by atoms with Crippen molar-refractivity contribution in [3.63, 3.8) is 0 Å². The summed E-state index contributed by atoms with van der Waals surface area (Å²) < 4.78 is 25.8. The molecule has 1 aromatic rings. The highest BCUT2D eigenvalue weighted by molar-refractivity contribution is 6.01. The molecule has 0 aromatic heterocycles. The van der Waals surface area contributed by atoms with Crippen molar-refractivity contribution in [3.8, 4) is 0 Å². The van der Waals surface area contributed by atoms with Crippen LogP contribution in [0.1, 0.15) is 18.9 Å². The molecule has 2 nitrogen and oxygen atoms in total. The summed E-state index contributed by atoms with van der Waals surface area (Å²) in [6.07, 6.45) is 0.440. The van der Waals surface area contributed by atoms with Gasteiger partial charge in [-0.15, -0.1) is 0 Å². The fourth-order valence-electron chi connectivity index (χ4n) is 1.46. The van der Waals surface area contributed by atoms with Crippen LogP contribution in [0.5, 0.6) is 0 Å². The molecule has 0 aliphatic carbocycles. The molecule has 1 unspecified atom stereocenters. The SMILES string of the molecule is [CH2]C1(C)CC(c2cc(F)cc(F)c2)=NO1. The number of hydrogen-bond acceptors (Lipinski definition) is 2. The van der Waals surface area contributed by atoms with Crippen LogP contribution in [-0.4, -0.2) is 11.3 Å². The van der Waals surface area contributed by atoms with E-state index in [1.807, 2.05) is 0 Å². The van der Waals surface area contributed by atoms with Gasteiger partial charge in [0.1, 0.15) is 17.2 Å². The smallest absolute Gasteiger partial charge is 0.140 e. The third-order valence-corrected chi connectivity index (χ3v) is 2.11. The lowest BCUT2D eigenvalue weighted by Crippen LogP contribution is -2.19. The molecule has 1 aliphatic heterocycles. The van der Waals surface area contributed by atoms with E-state index in [2.05, 4.69) is 12.1 Å². The minimum atomic E-state index is -0.641. The molecule has 0 spiro atoms. The first-order valence-corrected chi connectivity index (χ1v) is 4.53. The number of halogens is 2. The fourth-order valence-corrected chi connectivity index (χ4v) is 1.46. The van der Waals surface area contributed by atoms with E-state index in [-0.39, 0.29) is 0 Å². The molecule has 0 saturated heterocycles. The van der Waals surface area contributed by atoms with Gasteiger partial charge in [0, 0.05) is 18.1 Å². The summed E-state index contributed by atoms with van der Waals surface area (Å²) in [5.41, 5.74) is 0.281. The molecule has 1 atom stereocenters. The predicted octanol–water partition coefficient (Wildman–Crippen LogP) is 2.68. The van der Waals surface area contributed by atoms with E-state index < -0.39 is 17.2 Å². The Hall–Kier alpha value is -1.45. The van der Waals surface area contributed by atoms with E-state index in [1.165, 1.54) is 12.1 Å². The lowest BCUT2D eigenvalue weighted by Gasteiger charge is -2.13. The van der Waals surface area contributed by atoms with Gasteiger partial charge in [-0.2, -0.15) is 0 Å². The maximum absolute atomic E-state index is 12.9. The lowest BCUT2D eigenvalue weighted by molar-refractivity contribution is 0.0339. The van der Waals surface area contributed by atoms with Crippen LogP contribution in [0.25, 0.3) is 0 Å². The summed E-state index contributed by atoms with van der Waals surface area (Å²) in [7, 11) is 0. The quantitative estimate of drug-likeness (QED) is 0.698. The van der Waals surface area contributed by atoms with Crippen LogP contribution < -0.4 is 0 Å². The number of benzene rings is 1. The average Bonchev–Trinajstić information content (AvgIpc) is 2.44. The van der Waals surface area contributed by atoms with Crippen molar-refractivity contribution in [2.24, 2.45) is 5.16 Å². The van der Waals surface area contributed by atoms with Gasteiger partial charge in [0.2, 0.25) is 0 Å². The molecule has 0 amide bonds. The van der Waals surface area contributed by atoms with Gasteiger partial charge < -0.3 is 4.84 Å². The van der Waals surface area contributed by atoms with Gasteiger partial charge in [-0.3, -0.25) is 0 Å². The van der Waals surface area contributed by atoms with Crippen molar-refractivity contribution in [3.05, 3.63) is 42.3 Å². The zero-order chi connectivity index (χ0) is 11.1. The Balaban J connectivity index is 2.32. The summed E-state index contributed by atoms with van der Waals surface area (Å²) in [4.78, 5) is 5.02. The Labute approximate surface area is 86.5 Å². The van der Waals surface area contributed by atoms with Crippen molar-refractivity contribution in [1.29, 1.82) is 0 Å². The maximum Gasteiger partial charge on any atom is 0.140 e. The third-order valence-electron chi connectivity index (χ3n) is 2.11. The van der Waals surface area contributed by atoms with Crippen LogP contribution in [0.3, 0.4) is 0 Å². The summed E-state index contributed by atoms with van der Waals surface area (Å²) in [5.74, 6) is -1.24. The van der Waals surface area contributed by atoms with E-state index >= 15 is 0 Å². The minimum Gasteiger partial charge on any atom is -0.389 e. The van der Waals surface area contributed by atoms with Crippen molar-refractivity contribution < 1.29 is 13.6 Å². The largest absolute Gasteiger partial charge is 0.389 e. The van der Waals surface area contributed by atoms with E-state index in [1.54, 1.807) is 6.92 Å². The van der Waals surface area contributed by atoms with Gasteiger partial charge in [0.25, 0.3) is 0 Å². The Morgan fingerprint density at radius 3 is 2.40 bits per heavy atom. The highest BCUT2D eigenvalue weighted by Gasteiger charge is 2.30. The molecule has 0 bridgehead atoms. The van der Waals surface area contributed by atoms with Crippen LogP contribution in [-0.2, 0) is 4.84 Å². The van der Waals surface area contributed by atoms with E-state index in [4.69, 9.17) is 4.84 Å². The van der Waals surface area contributed by atoms with Crippen LogP contribution in [0.4, 0.5) is 8.78 Å². The van der Waals surface area contributed by atoms with Gasteiger partial charge in [0.05, 0.1) is 5.71 Å². The molecule has 1 aromatic carbocycles. The molecule has 79 valence electrons. The zero-order valence-corrected chi connectivity index (χ0v) is 8.26. The van der Waals surface area contributed by atoms with Crippen LogP contribution in [0.2, 0.25) is 0 Å². The fraction of sp³-hybridized carbons (Fsp3) is 0.273. The molecular weight excluding hydrogens is 200 g/mol. The summed E-state index contributed by atoms with van der Waals surface area (Å²) in [5, 5.41) is 3.76. The van der Waals surface area contributed by atoms with Crippen LogP contribution in [0, 0.1) is 18.6 Å². The first kappa shape index (κ1) is 10.1. The van der Waals surface area contributed by atoms with Crippen molar-refractivity contribution in [1.82, 2.24) is 0 Å². The van der Waals surface area contributed by atoms with E-state index in [0.717, 1.165) is 6.07 Å². The molecule has 0 N–H and O–H groups in total. The first-order valence-electron chi connectivity index (χ1n) is 4.53. The monoisotopic (exact) mass is 210 g/mol. The third kappa shape index (κ3) is 2.14. The molecule has 2 rings (SSSR count). The van der Waals surface area contributed by atoms with Gasteiger partial charge in [-0.25, -0.2) is 8.78 Å². The highest BCUT2D eigenvalue weighted by Crippen LogP contribution is 2.25. The normalized spacial score (nSPS) is 18.5. The molecule has 1 radical (unpaired) electrons. The topological polar surface area (TPSA) is 21.6 Å². The number of oxime groups is 1. The Morgan fingerprint density at radius 2 is 1.93 bits per heavy atom. The minimum absolute atomic E-state index is 0.403. The van der Waals surface area contributed by atoms with Crippen LogP contribution in [0.15, 0.2) is 23.4 Å². The second-order valence-corrected chi connectivity index (χ2v) is 3.91. The molecule has 1 aliphatic rings. The van der Waals surface area contributed by atoms with Crippen molar-refractivity contribution in [2.45, 2.75) is 18.9 Å².